The lowest BCUT2D eigenvalue weighted by molar-refractivity contribution is -0.120. The molecule has 0 aliphatic heterocycles. The van der Waals surface area contributed by atoms with Crippen LogP contribution in [0.2, 0.25) is 0 Å². The van der Waals surface area contributed by atoms with Crippen LogP contribution >= 0.6 is 11.8 Å². The average molecular weight is 341 g/mol. The van der Waals surface area contributed by atoms with Crippen molar-refractivity contribution in [3.63, 3.8) is 0 Å². The highest BCUT2D eigenvalue weighted by atomic mass is 32.2. The number of H-pyrrole nitrogens is 1. The highest BCUT2D eigenvalue weighted by molar-refractivity contribution is 8.00. The lowest BCUT2D eigenvalue weighted by atomic mass is 10.2. The first kappa shape index (κ1) is 15.4. The van der Waals surface area contributed by atoms with E-state index in [1.165, 1.54) is 24.6 Å². The molecule has 1 fully saturated rings. The first-order valence-electron chi connectivity index (χ1n) is 8.29. The van der Waals surface area contributed by atoms with Crippen molar-refractivity contribution in [1.82, 2.24) is 25.5 Å². The number of rotatable bonds is 4. The number of nitrogens with one attached hydrogen (secondary N) is 2. The molecule has 4 rings (SSSR count). The van der Waals surface area contributed by atoms with E-state index in [9.17, 15) is 4.79 Å². The molecule has 2 heterocycles. The molecule has 1 saturated carbocycles. The van der Waals surface area contributed by atoms with Gasteiger partial charge in [0, 0.05) is 16.9 Å². The van der Waals surface area contributed by atoms with Crippen LogP contribution in [-0.4, -0.2) is 37.4 Å². The number of benzene rings is 1. The Morgan fingerprint density at radius 3 is 2.92 bits per heavy atom. The Kier molecular flexibility index (Phi) is 4.10. The molecule has 1 amide bonds. The van der Waals surface area contributed by atoms with E-state index in [4.69, 9.17) is 0 Å². The summed E-state index contributed by atoms with van der Waals surface area (Å²) in [6, 6.07) is 8.25. The van der Waals surface area contributed by atoms with E-state index in [1.807, 2.05) is 31.2 Å². The molecule has 1 atom stereocenters. The van der Waals surface area contributed by atoms with Crippen LogP contribution in [0.15, 0.2) is 29.4 Å². The molecule has 0 radical (unpaired) electrons. The summed E-state index contributed by atoms with van der Waals surface area (Å²) < 4.78 is 0. The fourth-order valence-corrected chi connectivity index (χ4v) is 3.88. The van der Waals surface area contributed by atoms with Gasteiger partial charge in [-0.1, -0.05) is 42.8 Å². The fraction of sp³-hybridized carbons (Fsp3) is 0.412. The van der Waals surface area contributed by atoms with Crippen molar-refractivity contribution in [2.24, 2.45) is 0 Å². The maximum absolute atomic E-state index is 12.3. The van der Waals surface area contributed by atoms with E-state index < -0.39 is 0 Å². The number of amides is 1. The van der Waals surface area contributed by atoms with Crippen molar-refractivity contribution in [3.8, 4) is 0 Å². The Bertz CT molecular complexity index is 887. The topological polar surface area (TPSA) is 83.6 Å². The van der Waals surface area contributed by atoms with Crippen molar-refractivity contribution in [1.29, 1.82) is 0 Å². The van der Waals surface area contributed by atoms with Crippen molar-refractivity contribution >= 4 is 39.7 Å². The van der Waals surface area contributed by atoms with Gasteiger partial charge in [-0.05, 0) is 25.8 Å². The summed E-state index contributed by atoms with van der Waals surface area (Å²) in [5, 5.41) is 12.9. The molecule has 1 aromatic carbocycles. The van der Waals surface area contributed by atoms with Gasteiger partial charge in [0.05, 0.1) is 5.25 Å². The second-order valence-corrected chi connectivity index (χ2v) is 7.52. The number of thioether (sulfide) groups is 1. The van der Waals surface area contributed by atoms with Gasteiger partial charge >= 0.3 is 0 Å². The highest BCUT2D eigenvalue weighted by Gasteiger charge is 2.22. The average Bonchev–Trinajstić information content (AvgIpc) is 3.21. The van der Waals surface area contributed by atoms with Gasteiger partial charge in [0.15, 0.2) is 5.65 Å². The number of fused-ring (bicyclic) bond motifs is 3. The molecule has 0 spiro atoms. The van der Waals surface area contributed by atoms with Gasteiger partial charge in [-0.15, -0.1) is 10.2 Å². The maximum atomic E-state index is 12.3. The maximum Gasteiger partial charge on any atom is 0.233 e. The van der Waals surface area contributed by atoms with Crippen LogP contribution in [0.1, 0.15) is 32.6 Å². The summed E-state index contributed by atoms with van der Waals surface area (Å²) in [5.41, 5.74) is 2.46. The van der Waals surface area contributed by atoms with Crippen LogP contribution in [0.3, 0.4) is 0 Å². The third kappa shape index (κ3) is 2.96. The summed E-state index contributed by atoms with van der Waals surface area (Å²) in [6.45, 7) is 1.88. The van der Waals surface area contributed by atoms with Gasteiger partial charge < -0.3 is 10.3 Å². The summed E-state index contributed by atoms with van der Waals surface area (Å²) >= 11 is 1.34. The molecule has 2 N–H and O–H groups in total. The van der Waals surface area contributed by atoms with Crippen molar-refractivity contribution in [3.05, 3.63) is 24.3 Å². The molecule has 2 aromatic heterocycles. The molecule has 0 saturated heterocycles. The van der Waals surface area contributed by atoms with Crippen molar-refractivity contribution in [2.45, 2.75) is 49.1 Å². The molecule has 1 unspecified atom stereocenters. The molecule has 7 heteroatoms. The quantitative estimate of drug-likeness (QED) is 0.713. The van der Waals surface area contributed by atoms with Crippen molar-refractivity contribution < 1.29 is 4.79 Å². The molecule has 1 aliphatic carbocycles. The van der Waals surface area contributed by atoms with Gasteiger partial charge in [-0.25, -0.2) is 4.98 Å². The minimum atomic E-state index is -0.241. The predicted octanol–water partition coefficient (Wildman–Crippen LogP) is 3.05. The monoisotopic (exact) mass is 341 g/mol. The predicted molar refractivity (Wildman–Crippen MR) is 94.9 cm³/mol. The second-order valence-electron chi connectivity index (χ2n) is 6.21. The van der Waals surface area contributed by atoms with Crippen LogP contribution < -0.4 is 5.32 Å². The van der Waals surface area contributed by atoms with E-state index in [0.717, 1.165) is 29.3 Å². The number of aromatic nitrogens is 4. The number of aromatic amines is 1. The Balaban J connectivity index is 1.51. The van der Waals surface area contributed by atoms with Gasteiger partial charge in [-0.3, -0.25) is 4.79 Å². The number of carbonyl (C=O) groups excluding carboxylic acids is 1. The van der Waals surface area contributed by atoms with Crippen LogP contribution in [0.4, 0.5) is 0 Å². The third-order valence-electron chi connectivity index (χ3n) is 4.46. The van der Waals surface area contributed by atoms with E-state index in [1.54, 1.807) is 0 Å². The first-order valence-corrected chi connectivity index (χ1v) is 9.17. The van der Waals surface area contributed by atoms with Crippen LogP contribution in [0.5, 0.6) is 0 Å². The fourth-order valence-electron chi connectivity index (χ4n) is 3.16. The van der Waals surface area contributed by atoms with Crippen LogP contribution in [0.25, 0.3) is 22.1 Å². The summed E-state index contributed by atoms with van der Waals surface area (Å²) in [7, 11) is 0. The van der Waals surface area contributed by atoms with Crippen molar-refractivity contribution in [2.75, 3.05) is 0 Å². The SMILES string of the molecule is CC(Sc1nnc2c(n1)[nH]c1ccccc12)C(=O)NC1CCCC1. The number of hydrogen-bond donors (Lipinski definition) is 2. The molecule has 3 aromatic rings. The molecule has 0 bridgehead atoms. The van der Waals surface area contributed by atoms with E-state index in [-0.39, 0.29) is 11.2 Å². The van der Waals surface area contributed by atoms with E-state index in [2.05, 4.69) is 25.5 Å². The third-order valence-corrected chi connectivity index (χ3v) is 5.41. The van der Waals surface area contributed by atoms with Crippen LogP contribution in [0, 0.1) is 0 Å². The summed E-state index contributed by atoms with van der Waals surface area (Å²) in [4.78, 5) is 20.1. The lowest BCUT2D eigenvalue weighted by Crippen LogP contribution is -2.37. The zero-order chi connectivity index (χ0) is 16.5. The van der Waals surface area contributed by atoms with E-state index in [0.29, 0.717) is 16.8 Å². The number of carbonyl (C=O) groups is 1. The Hall–Kier alpha value is -2.15. The minimum absolute atomic E-state index is 0.0484. The largest absolute Gasteiger partial charge is 0.352 e. The lowest BCUT2D eigenvalue weighted by Gasteiger charge is -2.15. The molecule has 124 valence electrons. The van der Waals surface area contributed by atoms with Crippen LogP contribution in [-0.2, 0) is 4.79 Å². The van der Waals surface area contributed by atoms with E-state index >= 15 is 0 Å². The Morgan fingerprint density at radius 1 is 1.29 bits per heavy atom. The van der Waals surface area contributed by atoms with Gasteiger partial charge in [0.25, 0.3) is 0 Å². The standard InChI is InChI=1S/C17H19N5OS/c1-10(16(23)18-11-6-2-3-7-11)24-17-20-15-14(21-22-17)12-8-4-5-9-13(12)19-15/h4-5,8-11H,2-3,6-7H2,1H3,(H,18,23)(H,19,20,22). The van der Waals surface area contributed by atoms with Gasteiger partial charge in [-0.2, -0.15) is 0 Å². The second kappa shape index (κ2) is 6.39. The number of hydrogen-bond acceptors (Lipinski definition) is 5. The number of nitrogens with zero attached hydrogens (tertiary/aromatic N) is 3. The smallest absolute Gasteiger partial charge is 0.233 e. The normalized spacial score (nSPS) is 16.7. The van der Waals surface area contributed by atoms with Gasteiger partial charge in [0.1, 0.15) is 5.52 Å². The zero-order valence-electron chi connectivity index (χ0n) is 13.5. The molecule has 6 nitrogen and oxygen atoms in total. The van der Waals surface area contributed by atoms with Gasteiger partial charge in [0.2, 0.25) is 11.1 Å². The summed E-state index contributed by atoms with van der Waals surface area (Å²) in [5.74, 6) is 0.0484. The Morgan fingerprint density at radius 2 is 2.08 bits per heavy atom. The molecular weight excluding hydrogens is 322 g/mol. The molecular formula is C17H19N5OS. The molecule has 24 heavy (non-hydrogen) atoms. The first-order chi connectivity index (χ1) is 11.7. The highest BCUT2D eigenvalue weighted by Crippen LogP contribution is 2.25. The minimum Gasteiger partial charge on any atom is -0.352 e. The molecule has 1 aliphatic rings. The Labute approximate surface area is 143 Å². The summed E-state index contributed by atoms with van der Waals surface area (Å²) in [6.07, 6.45) is 4.58. The number of para-hydroxylation sites is 1. The zero-order valence-corrected chi connectivity index (χ0v) is 14.3.